The molecular formula is C26H24FNO6. The summed E-state index contributed by atoms with van der Waals surface area (Å²) in [4.78, 5) is 24.3. The number of carbonyl (C=O) groups excluding carboxylic acids is 1. The minimum atomic E-state index is -1.40. The molecule has 3 aromatic rings. The lowest BCUT2D eigenvalue weighted by molar-refractivity contribution is -0.139. The van der Waals surface area contributed by atoms with Crippen LogP contribution in [0.4, 0.5) is 9.18 Å². The Morgan fingerprint density at radius 1 is 0.971 bits per heavy atom. The molecule has 2 N–H and O–H groups in total. The predicted molar refractivity (Wildman–Crippen MR) is 123 cm³/mol. The summed E-state index contributed by atoms with van der Waals surface area (Å²) in [6.07, 6.45) is -1.19. The highest BCUT2D eigenvalue weighted by atomic mass is 19.1. The summed E-state index contributed by atoms with van der Waals surface area (Å²) in [5, 5.41) is 11.9. The van der Waals surface area contributed by atoms with E-state index in [1.165, 1.54) is 20.3 Å². The minimum Gasteiger partial charge on any atom is -0.493 e. The zero-order valence-corrected chi connectivity index (χ0v) is 18.7. The summed E-state index contributed by atoms with van der Waals surface area (Å²) in [6, 6.07) is 16.8. The summed E-state index contributed by atoms with van der Waals surface area (Å²) in [7, 11) is 2.76. The second-order valence-corrected chi connectivity index (χ2v) is 7.86. The number of alkyl carbamates (subject to hydrolysis) is 1. The number of carbonyl (C=O) groups is 2. The van der Waals surface area contributed by atoms with Crippen LogP contribution in [0.2, 0.25) is 0 Å². The van der Waals surface area contributed by atoms with Crippen molar-refractivity contribution in [2.75, 3.05) is 20.8 Å². The fourth-order valence-electron chi connectivity index (χ4n) is 4.26. The van der Waals surface area contributed by atoms with E-state index in [4.69, 9.17) is 14.2 Å². The van der Waals surface area contributed by atoms with E-state index < -0.39 is 23.9 Å². The van der Waals surface area contributed by atoms with Gasteiger partial charge in [0.15, 0.2) is 11.5 Å². The van der Waals surface area contributed by atoms with Crippen LogP contribution in [0.1, 0.15) is 22.6 Å². The van der Waals surface area contributed by atoms with E-state index in [2.05, 4.69) is 5.32 Å². The van der Waals surface area contributed by atoms with Crippen molar-refractivity contribution < 1.29 is 33.3 Å². The number of methoxy groups -OCH3 is 2. The van der Waals surface area contributed by atoms with Crippen LogP contribution in [-0.2, 0) is 16.0 Å². The molecule has 176 valence electrons. The van der Waals surface area contributed by atoms with Crippen molar-refractivity contribution in [3.05, 3.63) is 83.2 Å². The van der Waals surface area contributed by atoms with E-state index in [9.17, 15) is 19.1 Å². The molecule has 0 spiro atoms. The van der Waals surface area contributed by atoms with Gasteiger partial charge < -0.3 is 24.6 Å². The molecule has 1 atom stereocenters. The first-order valence-electron chi connectivity index (χ1n) is 10.7. The Bertz CT molecular complexity index is 1180. The van der Waals surface area contributed by atoms with Crippen LogP contribution in [0.5, 0.6) is 11.5 Å². The number of carboxylic acids is 1. The van der Waals surface area contributed by atoms with Gasteiger partial charge in [-0.2, -0.15) is 0 Å². The first kappa shape index (κ1) is 23.1. The number of amides is 1. The number of aliphatic carboxylic acids is 1. The van der Waals surface area contributed by atoms with Crippen molar-refractivity contribution in [2.45, 2.75) is 18.4 Å². The molecule has 7 nitrogen and oxygen atoms in total. The summed E-state index contributed by atoms with van der Waals surface area (Å²) in [6.45, 7) is 0.0386. The van der Waals surface area contributed by atoms with Gasteiger partial charge in [-0.15, -0.1) is 0 Å². The third-order valence-electron chi connectivity index (χ3n) is 5.91. The average Bonchev–Trinajstić information content (AvgIpc) is 3.16. The second kappa shape index (κ2) is 9.82. The molecule has 3 aromatic carbocycles. The molecule has 8 heteroatoms. The van der Waals surface area contributed by atoms with Crippen LogP contribution >= 0.6 is 0 Å². The molecule has 1 unspecified atom stereocenters. The summed E-state index contributed by atoms with van der Waals surface area (Å²) >= 11 is 0. The number of halogens is 1. The van der Waals surface area contributed by atoms with E-state index in [1.54, 1.807) is 0 Å². The van der Waals surface area contributed by atoms with Crippen molar-refractivity contribution in [1.29, 1.82) is 0 Å². The van der Waals surface area contributed by atoms with Crippen molar-refractivity contribution in [3.8, 4) is 22.6 Å². The van der Waals surface area contributed by atoms with Gasteiger partial charge in [-0.3, -0.25) is 0 Å². The maximum absolute atomic E-state index is 14.5. The summed E-state index contributed by atoms with van der Waals surface area (Å²) < 4.78 is 30.1. The van der Waals surface area contributed by atoms with Gasteiger partial charge >= 0.3 is 12.1 Å². The molecule has 1 aliphatic carbocycles. The molecule has 0 saturated heterocycles. The number of nitrogens with one attached hydrogen (secondary N) is 1. The highest BCUT2D eigenvalue weighted by Gasteiger charge is 2.30. The molecule has 1 aliphatic rings. The molecule has 0 heterocycles. The average molecular weight is 465 g/mol. The van der Waals surface area contributed by atoms with Gasteiger partial charge in [0.25, 0.3) is 0 Å². The molecule has 4 rings (SSSR count). The number of benzene rings is 3. The second-order valence-electron chi connectivity index (χ2n) is 7.86. The number of carboxylic acid groups (broad SMARTS) is 1. The number of ether oxygens (including phenoxy) is 3. The third kappa shape index (κ3) is 4.52. The van der Waals surface area contributed by atoms with Gasteiger partial charge in [0.1, 0.15) is 18.5 Å². The molecule has 0 fully saturated rings. The van der Waals surface area contributed by atoms with Gasteiger partial charge in [0.2, 0.25) is 0 Å². The maximum Gasteiger partial charge on any atom is 0.407 e. The molecule has 0 bridgehead atoms. The van der Waals surface area contributed by atoms with Gasteiger partial charge in [-0.05, 0) is 33.9 Å². The fourth-order valence-corrected chi connectivity index (χ4v) is 4.26. The van der Waals surface area contributed by atoms with E-state index in [-0.39, 0.29) is 36.0 Å². The van der Waals surface area contributed by atoms with Crippen LogP contribution in [0.25, 0.3) is 11.1 Å². The number of fused-ring (bicyclic) bond motifs is 3. The summed E-state index contributed by atoms with van der Waals surface area (Å²) in [5.74, 6) is -1.71. The van der Waals surface area contributed by atoms with Crippen LogP contribution in [-0.4, -0.2) is 44.0 Å². The van der Waals surface area contributed by atoms with Crippen molar-refractivity contribution in [2.24, 2.45) is 0 Å². The number of rotatable bonds is 8. The summed E-state index contributed by atoms with van der Waals surface area (Å²) in [5.41, 5.74) is 4.31. The van der Waals surface area contributed by atoms with Crippen molar-refractivity contribution >= 4 is 12.1 Å². The van der Waals surface area contributed by atoms with Crippen molar-refractivity contribution in [1.82, 2.24) is 5.32 Å². The number of hydrogen-bond acceptors (Lipinski definition) is 5. The monoisotopic (exact) mass is 465 g/mol. The first-order chi connectivity index (χ1) is 16.4. The Morgan fingerprint density at radius 3 is 2.09 bits per heavy atom. The highest BCUT2D eigenvalue weighted by Crippen LogP contribution is 2.44. The van der Waals surface area contributed by atoms with Crippen LogP contribution in [0.15, 0.2) is 60.7 Å². The van der Waals surface area contributed by atoms with Crippen LogP contribution < -0.4 is 14.8 Å². The fraction of sp³-hybridized carbons (Fsp3) is 0.231. The van der Waals surface area contributed by atoms with Gasteiger partial charge in [-0.25, -0.2) is 14.0 Å². The predicted octanol–water partition coefficient (Wildman–Crippen LogP) is 4.38. The third-order valence-corrected chi connectivity index (χ3v) is 5.91. The lowest BCUT2D eigenvalue weighted by Crippen LogP contribution is -2.43. The Hall–Kier alpha value is -4.07. The molecule has 0 saturated carbocycles. The lowest BCUT2D eigenvalue weighted by Gasteiger charge is -2.18. The maximum atomic E-state index is 14.5. The zero-order valence-electron chi connectivity index (χ0n) is 18.7. The Kier molecular flexibility index (Phi) is 6.67. The van der Waals surface area contributed by atoms with E-state index >= 15 is 0 Å². The molecule has 34 heavy (non-hydrogen) atoms. The first-order valence-corrected chi connectivity index (χ1v) is 10.7. The van der Waals surface area contributed by atoms with Crippen molar-refractivity contribution in [3.63, 3.8) is 0 Å². The smallest absolute Gasteiger partial charge is 0.407 e. The molecule has 0 radical (unpaired) electrons. The van der Waals surface area contributed by atoms with Crippen LogP contribution in [0, 0.1) is 5.82 Å². The Morgan fingerprint density at radius 2 is 1.53 bits per heavy atom. The highest BCUT2D eigenvalue weighted by molar-refractivity contribution is 5.81. The Labute approximate surface area is 196 Å². The number of hydrogen-bond donors (Lipinski definition) is 2. The zero-order chi connectivity index (χ0) is 24.2. The molecule has 0 aliphatic heterocycles. The standard InChI is InChI=1S/C26H24FNO6/c1-32-23-12-15(21(27)13-24(23)33-2)11-22(25(29)30)28-26(31)34-14-20-18-9-5-3-7-16(18)17-8-4-6-10-19(17)20/h3-10,12-13,20,22H,11,14H2,1-2H3,(H,28,31)(H,29,30). The molecule has 1 amide bonds. The van der Waals surface area contributed by atoms with Gasteiger partial charge in [0.05, 0.1) is 14.2 Å². The SMILES string of the molecule is COc1cc(F)c(CC(NC(=O)OCC2c3ccccc3-c3ccccc32)C(=O)O)cc1OC. The normalized spacial score (nSPS) is 12.9. The molecular weight excluding hydrogens is 441 g/mol. The Balaban J connectivity index is 1.45. The molecule has 0 aromatic heterocycles. The lowest BCUT2D eigenvalue weighted by atomic mass is 9.98. The van der Waals surface area contributed by atoms with Gasteiger partial charge in [0, 0.05) is 18.4 Å². The largest absolute Gasteiger partial charge is 0.493 e. The van der Waals surface area contributed by atoms with Gasteiger partial charge in [-0.1, -0.05) is 48.5 Å². The van der Waals surface area contributed by atoms with Crippen LogP contribution in [0.3, 0.4) is 0 Å². The minimum absolute atomic E-state index is 0.0386. The van der Waals surface area contributed by atoms with E-state index in [0.717, 1.165) is 28.3 Å². The van der Waals surface area contributed by atoms with E-state index in [1.807, 2.05) is 48.5 Å². The van der Waals surface area contributed by atoms with E-state index in [0.29, 0.717) is 0 Å². The topological polar surface area (TPSA) is 94.1 Å². The quantitative estimate of drug-likeness (QED) is 0.513.